The third-order valence-electron chi connectivity index (χ3n) is 5.29. The van der Waals surface area contributed by atoms with E-state index < -0.39 is 0 Å². The van der Waals surface area contributed by atoms with Crippen LogP contribution in [0.5, 0.6) is 0 Å². The van der Waals surface area contributed by atoms with E-state index in [1.807, 2.05) is 78.9 Å². The fourth-order valence-corrected chi connectivity index (χ4v) is 3.88. The molecule has 8 heteroatoms. The molecule has 0 unspecified atom stereocenters. The number of halogens is 2. The monoisotopic (exact) mass is 487 g/mol. The normalized spacial score (nSPS) is 14.9. The highest BCUT2D eigenvalue weighted by molar-refractivity contribution is 6.30. The molecule has 1 aliphatic rings. The van der Waals surface area contributed by atoms with E-state index in [0.717, 1.165) is 22.4 Å². The zero-order valence-corrected chi connectivity index (χ0v) is 19.3. The van der Waals surface area contributed by atoms with Gasteiger partial charge >= 0.3 is 0 Å². The van der Waals surface area contributed by atoms with Gasteiger partial charge in [-0.1, -0.05) is 77.8 Å². The summed E-state index contributed by atoms with van der Waals surface area (Å²) in [6.45, 7) is 0. The van der Waals surface area contributed by atoms with Crippen molar-refractivity contribution in [2.45, 2.75) is 6.04 Å². The Labute approximate surface area is 206 Å². The topological polar surface area (TPSA) is 71.8 Å². The van der Waals surface area contributed by atoms with Crippen molar-refractivity contribution in [3.05, 3.63) is 118 Å². The van der Waals surface area contributed by atoms with E-state index in [-0.39, 0.29) is 17.9 Å². The van der Waals surface area contributed by atoms with Crippen LogP contribution in [-0.2, 0) is 4.79 Å². The van der Waals surface area contributed by atoms with Crippen LogP contribution < -0.4 is 10.6 Å². The highest BCUT2D eigenvalue weighted by Crippen LogP contribution is 2.34. The molecular weight excluding hydrogens is 469 g/mol. The predicted octanol–water partition coefficient (Wildman–Crippen LogP) is 6.29. The van der Waals surface area contributed by atoms with Crippen LogP contribution in [-0.4, -0.2) is 20.7 Å². The Bertz CT molecular complexity index is 1380. The first-order valence-electron chi connectivity index (χ1n) is 10.6. The maximum atomic E-state index is 12.5. The Hall–Kier alpha value is -3.87. The molecule has 0 saturated carbocycles. The molecule has 2 heterocycles. The third kappa shape index (κ3) is 4.88. The van der Waals surface area contributed by atoms with Gasteiger partial charge in [-0.25, -0.2) is 4.68 Å². The molecule has 6 nitrogen and oxygen atoms in total. The quantitative estimate of drug-likeness (QED) is 0.324. The average Bonchev–Trinajstić information content (AvgIpc) is 3.26. The zero-order chi connectivity index (χ0) is 23.5. The fraction of sp³-hybridized carbons (Fsp3) is 0.0385. The van der Waals surface area contributed by atoms with Crippen LogP contribution in [0.15, 0.2) is 91.0 Å². The van der Waals surface area contributed by atoms with Gasteiger partial charge in [-0.05, 0) is 53.1 Å². The summed E-state index contributed by atoms with van der Waals surface area (Å²) < 4.78 is 1.74. The second-order valence-electron chi connectivity index (χ2n) is 7.65. The molecule has 1 atom stereocenters. The molecule has 4 aromatic rings. The minimum Gasteiger partial charge on any atom is -0.324 e. The van der Waals surface area contributed by atoms with Crippen LogP contribution in [0.25, 0.3) is 11.8 Å². The lowest BCUT2D eigenvalue weighted by atomic mass is 10.0. The number of hydrogen-bond donors (Lipinski definition) is 2. The molecule has 0 spiro atoms. The van der Waals surface area contributed by atoms with Crippen LogP contribution in [0.4, 0.5) is 11.9 Å². The summed E-state index contributed by atoms with van der Waals surface area (Å²) in [5, 5.41) is 11.9. The summed E-state index contributed by atoms with van der Waals surface area (Å²) in [4.78, 5) is 17.0. The van der Waals surface area contributed by atoms with Gasteiger partial charge in [-0.15, -0.1) is 5.10 Å². The van der Waals surface area contributed by atoms with Gasteiger partial charge in [-0.2, -0.15) is 4.98 Å². The van der Waals surface area contributed by atoms with E-state index in [4.69, 9.17) is 23.2 Å². The molecule has 1 aromatic heterocycles. The summed E-state index contributed by atoms with van der Waals surface area (Å²) in [6.07, 6.45) is 5.24. The predicted molar refractivity (Wildman–Crippen MR) is 137 cm³/mol. The van der Waals surface area contributed by atoms with E-state index in [0.29, 0.717) is 16.0 Å². The number of benzene rings is 3. The highest BCUT2D eigenvalue weighted by Gasteiger charge is 2.25. The Morgan fingerprint density at radius 2 is 1.62 bits per heavy atom. The lowest BCUT2D eigenvalue weighted by Gasteiger charge is -2.24. The van der Waals surface area contributed by atoms with Gasteiger partial charge in [0, 0.05) is 21.8 Å². The van der Waals surface area contributed by atoms with Crippen molar-refractivity contribution in [1.82, 2.24) is 14.8 Å². The molecule has 0 bridgehead atoms. The smallest absolute Gasteiger partial charge is 0.250 e. The molecular formula is C26H19Cl2N5O. The minimum atomic E-state index is -0.319. The number of anilines is 2. The van der Waals surface area contributed by atoms with E-state index in [2.05, 4.69) is 26.8 Å². The average molecular weight is 488 g/mol. The molecule has 0 fully saturated rings. The molecule has 3 aromatic carbocycles. The van der Waals surface area contributed by atoms with Crippen molar-refractivity contribution in [3.63, 3.8) is 0 Å². The van der Waals surface area contributed by atoms with Crippen molar-refractivity contribution >= 4 is 52.8 Å². The molecule has 34 heavy (non-hydrogen) atoms. The van der Waals surface area contributed by atoms with Crippen molar-refractivity contribution < 1.29 is 4.79 Å². The van der Waals surface area contributed by atoms with Crippen molar-refractivity contribution in [1.29, 1.82) is 0 Å². The molecule has 0 radical (unpaired) electrons. The van der Waals surface area contributed by atoms with Gasteiger partial charge < -0.3 is 5.32 Å². The first-order chi connectivity index (χ1) is 16.5. The van der Waals surface area contributed by atoms with E-state index >= 15 is 0 Å². The summed E-state index contributed by atoms with van der Waals surface area (Å²) >= 11 is 12.2. The van der Waals surface area contributed by atoms with Gasteiger partial charge in [0.1, 0.15) is 6.04 Å². The second kappa shape index (κ2) is 9.55. The van der Waals surface area contributed by atoms with E-state index in [1.165, 1.54) is 6.08 Å². The lowest BCUT2D eigenvalue weighted by Crippen LogP contribution is -2.20. The Kier molecular flexibility index (Phi) is 6.16. The summed E-state index contributed by atoms with van der Waals surface area (Å²) in [5.74, 6) is 0.394. The molecule has 2 N–H and O–H groups in total. The third-order valence-corrected chi connectivity index (χ3v) is 5.80. The summed E-state index contributed by atoms with van der Waals surface area (Å²) in [6, 6.07) is 24.4. The van der Waals surface area contributed by atoms with E-state index in [9.17, 15) is 4.79 Å². The van der Waals surface area contributed by atoms with Crippen LogP contribution in [0.1, 0.15) is 22.7 Å². The summed E-state index contributed by atoms with van der Waals surface area (Å²) in [7, 11) is 0. The number of fused-ring (bicyclic) bond motifs is 1. The second-order valence-corrected chi connectivity index (χ2v) is 8.52. The number of rotatable bonds is 5. The number of hydrogen-bond acceptors (Lipinski definition) is 4. The zero-order valence-electron chi connectivity index (χ0n) is 17.8. The number of allylic oxidation sites excluding steroid dienone is 1. The van der Waals surface area contributed by atoms with Gasteiger partial charge in [0.25, 0.3) is 11.9 Å². The number of nitrogens with zero attached hydrogens (tertiary/aromatic N) is 3. The fourth-order valence-electron chi connectivity index (χ4n) is 3.63. The van der Waals surface area contributed by atoms with Crippen LogP contribution in [0.2, 0.25) is 10.0 Å². The Morgan fingerprint density at radius 3 is 2.32 bits per heavy atom. The summed E-state index contributed by atoms with van der Waals surface area (Å²) in [5.41, 5.74) is 3.72. The number of amides is 1. The van der Waals surface area contributed by atoms with Gasteiger partial charge in [0.05, 0.1) is 0 Å². The van der Waals surface area contributed by atoms with Gasteiger partial charge in [0.15, 0.2) is 0 Å². The molecule has 0 saturated heterocycles. The van der Waals surface area contributed by atoms with Crippen molar-refractivity contribution in [2.24, 2.45) is 0 Å². The van der Waals surface area contributed by atoms with E-state index in [1.54, 1.807) is 10.8 Å². The Morgan fingerprint density at radius 1 is 0.941 bits per heavy atom. The van der Waals surface area contributed by atoms with Crippen LogP contribution in [0, 0.1) is 0 Å². The maximum absolute atomic E-state index is 12.5. The number of carbonyl (C=O) groups excluding carboxylic acids is 1. The number of nitrogens with one attached hydrogen (secondary N) is 2. The largest absolute Gasteiger partial charge is 0.324 e. The molecule has 1 aliphatic heterocycles. The lowest BCUT2D eigenvalue weighted by molar-refractivity contribution is -0.111. The number of aromatic nitrogens is 3. The molecule has 5 rings (SSSR count). The standard InChI is InChI=1S/C26H19Cl2N5O/c27-20-11-7-18(8-12-20)22-16-23(19-9-13-21(28)14-10-19)33-26(29-22)31-25(32-33)30-24(34)15-6-17-4-2-1-3-5-17/h1-16,23H,(H2,29,30,31,32,34)/b15-6+/t23-/m1/s1. The van der Waals surface area contributed by atoms with Gasteiger partial charge in [-0.3, -0.25) is 10.1 Å². The first kappa shape index (κ1) is 21.9. The first-order valence-corrected chi connectivity index (χ1v) is 11.3. The molecule has 0 aliphatic carbocycles. The SMILES string of the molecule is O=C(/C=C/c1ccccc1)Nc1nc2n(n1)[C@@H](c1ccc(Cl)cc1)C=C(c1ccc(Cl)cc1)N2. The minimum absolute atomic E-state index is 0.204. The van der Waals surface area contributed by atoms with Crippen LogP contribution >= 0.6 is 23.2 Å². The number of carbonyl (C=O) groups is 1. The van der Waals surface area contributed by atoms with Gasteiger partial charge in [0.2, 0.25) is 5.95 Å². The Balaban J connectivity index is 1.44. The van der Waals surface area contributed by atoms with Crippen molar-refractivity contribution in [3.8, 4) is 0 Å². The molecule has 168 valence electrons. The van der Waals surface area contributed by atoms with Crippen molar-refractivity contribution in [2.75, 3.05) is 10.6 Å². The maximum Gasteiger partial charge on any atom is 0.250 e. The van der Waals surface area contributed by atoms with Crippen LogP contribution in [0.3, 0.4) is 0 Å². The highest BCUT2D eigenvalue weighted by atomic mass is 35.5. The molecule has 1 amide bonds.